The number of hydrogen-bond donors (Lipinski definition) is 3. The first-order valence-corrected chi connectivity index (χ1v) is 8.31. The van der Waals surface area contributed by atoms with Crippen molar-refractivity contribution in [3.63, 3.8) is 0 Å². The molecule has 0 spiro atoms. The Morgan fingerprint density at radius 1 is 1.12 bits per heavy atom. The van der Waals surface area contributed by atoms with Gasteiger partial charge in [-0.3, -0.25) is 4.90 Å². The first-order chi connectivity index (χ1) is 11.3. The van der Waals surface area contributed by atoms with Gasteiger partial charge in [-0.15, -0.1) is 0 Å². The quantitative estimate of drug-likeness (QED) is 0.629. The second-order valence-electron chi connectivity index (χ2n) is 5.69. The van der Waals surface area contributed by atoms with Crippen molar-refractivity contribution >= 4 is 34.0 Å². The van der Waals surface area contributed by atoms with Crippen LogP contribution in [0.15, 0.2) is 30.3 Å². The van der Waals surface area contributed by atoms with E-state index in [1.165, 1.54) is 12.1 Å². The minimum atomic E-state index is -1.29. The lowest BCUT2D eigenvalue weighted by atomic mass is 10.0. The molecule has 128 valence electrons. The van der Waals surface area contributed by atoms with E-state index in [9.17, 15) is 18.3 Å². The van der Waals surface area contributed by atoms with Gasteiger partial charge in [0.15, 0.2) is 0 Å². The maximum atomic E-state index is 14.3. The molecule has 1 heterocycles. The Morgan fingerprint density at radius 3 is 2.46 bits per heavy atom. The molecule has 24 heavy (non-hydrogen) atoms. The summed E-state index contributed by atoms with van der Waals surface area (Å²) in [5.74, 6) is -2.29. The highest BCUT2D eigenvalue weighted by atomic mass is 127. The summed E-state index contributed by atoms with van der Waals surface area (Å²) in [6.45, 7) is 0.796. The number of anilines is 2. The molecule has 3 rings (SSSR count). The molecule has 1 aliphatic heterocycles. The van der Waals surface area contributed by atoms with E-state index in [2.05, 4.69) is 5.32 Å². The topological polar surface area (TPSA) is 61.5 Å². The van der Waals surface area contributed by atoms with E-state index >= 15 is 0 Å². The molecular formula is C16H15F3IN3O. The number of benzene rings is 2. The number of rotatable bonds is 4. The molecule has 0 aromatic heterocycles. The van der Waals surface area contributed by atoms with Crippen LogP contribution in [0.25, 0.3) is 0 Å². The largest absolute Gasteiger partial charge is 0.374 e. The molecule has 2 aromatic rings. The Hall–Kier alpha value is -1.36. The van der Waals surface area contributed by atoms with Crippen LogP contribution in [0.4, 0.5) is 24.5 Å². The summed E-state index contributed by atoms with van der Waals surface area (Å²) >= 11 is 1.96. The van der Waals surface area contributed by atoms with Crippen molar-refractivity contribution in [3.8, 4) is 0 Å². The Morgan fingerprint density at radius 2 is 1.83 bits per heavy atom. The molecule has 0 amide bonds. The van der Waals surface area contributed by atoms with E-state index in [0.29, 0.717) is 22.7 Å². The maximum Gasteiger partial charge on any atom is 0.147 e. The van der Waals surface area contributed by atoms with Gasteiger partial charge in [-0.25, -0.2) is 13.2 Å². The smallest absolute Gasteiger partial charge is 0.147 e. The van der Waals surface area contributed by atoms with Gasteiger partial charge in [0.2, 0.25) is 0 Å². The van der Waals surface area contributed by atoms with Gasteiger partial charge in [0, 0.05) is 28.8 Å². The number of nitrogens with one attached hydrogen (secondary N) is 1. The Labute approximate surface area is 150 Å². The van der Waals surface area contributed by atoms with Crippen LogP contribution in [0.2, 0.25) is 0 Å². The number of likely N-dealkylation sites (tertiary alicyclic amines) is 1. The molecule has 8 heteroatoms. The maximum absolute atomic E-state index is 14.3. The van der Waals surface area contributed by atoms with E-state index in [1.807, 2.05) is 22.6 Å². The summed E-state index contributed by atoms with van der Waals surface area (Å²) in [5.41, 5.74) is 5.57. The molecule has 1 aliphatic rings. The van der Waals surface area contributed by atoms with Crippen molar-refractivity contribution in [2.45, 2.75) is 12.3 Å². The number of hydrogen-bond acceptors (Lipinski definition) is 4. The normalized spacial score (nSPS) is 16.8. The molecule has 2 aromatic carbocycles. The summed E-state index contributed by atoms with van der Waals surface area (Å²) in [5, 5.41) is 13.0. The van der Waals surface area contributed by atoms with Gasteiger partial charge >= 0.3 is 0 Å². The van der Waals surface area contributed by atoms with Crippen LogP contribution in [-0.2, 0) is 0 Å². The second-order valence-corrected chi connectivity index (χ2v) is 6.93. The van der Waals surface area contributed by atoms with Crippen molar-refractivity contribution in [1.29, 1.82) is 0 Å². The SMILES string of the molecule is NC1CN(C(O)c2c(F)cc(F)cc2Nc2ccc(I)cc2F)C1. The summed E-state index contributed by atoms with van der Waals surface area (Å²) in [6.07, 6.45) is -1.29. The average molecular weight is 449 g/mol. The third kappa shape index (κ3) is 3.51. The number of nitrogens with two attached hydrogens (primary N) is 1. The molecular weight excluding hydrogens is 434 g/mol. The van der Waals surface area contributed by atoms with Crippen LogP contribution in [0, 0.1) is 21.0 Å². The van der Waals surface area contributed by atoms with Crippen LogP contribution in [0.5, 0.6) is 0 Å². The van der Waals surface area contributed by atoms with E-state index in [1.54, 1.807) is 11.0 Å². The van der Waals surface area contributed by atoms with Crippen LogP contribution in [0.1, 0.15) is 11.8 Å². The summed E-state index contributed by atoms with van der Waals surface area (Å²) in [4.78, 5) is 1.55. The fourth-order valence-corrected chi connectivity index (χ4v) is 3.07. The zero-order valence-corrected chi connectivity index (χ0v) is 14.6. The molecule has 0 radical (unpaired) electrons. The molecule has 1 unspecified atom stereocenters. The lowest BCUT2D eigenvalue weighted by Gasteiger charge is -2.40. The van der Waals surface area contributed by atoms with Gasteiger partial charge < -0.3 is 16.2 Å². The van der Waals surface area contributed by atoms with Crippen molar-refractivity contribution in [3.05, 3.63) is 56.9 Å². The van der Waals surface area contributed by atoms with Gasteiger partial charge in [0.05, 0.1) is 16.9 Å². The minimum absolute atomic E-state index is 0.0272. The monoisotopic (exact) mass is 449 g/mol. The van der Waals surface area contributed by atoms with Gasteiger partial charge in [0.25, 0.3) is 0 Å². The highest BCUT2D eigenvalue weighted by molar-refractivity contribution is 14.1. The summed E-state index contributed by atoms with van der Waals surface area (Å²) in [7, 11) is 0. The van der Waals surface area contributed by atoms with E-state index in [4.69, 9.17) is 5.73 Å². The zero-order chi connectivity index (χ0) is 17.4. The molecule has 4 N–H and O–H groups in total. The number of nitrogens with zero attached hydrogens (tertiary/aromatic N) is 1. The lowest BCUT2D eigenvalue weighted by Crippen LogP contribution is -2.56. The molecule has 0 saturated carbocycles. The van der Waals surface area contributed by atoms with Gasteiger partial charge in [0.1, 0.15) is 23.7 Å². The molecule has 4 nitrogen and oxygen atoms in total. The molecule has 1 fully saturated rings. The zero-order valence-electron chi connectivity index (χ0n) is 12.4. The first-order valence-electron chi connectivity index (χ1n) is 7.24. The van der Waals surface area contributed by atoms with Crippen molar-refractivity contribution in [2.75, 3.05) is 18.4 Å². The van der Waals surface area contributed by atoms with E-state index in [-0.39, 0.29) is 23.0 Å². The predicted octanol–water partition coefficient (Wildman–Crippen LogP) is 3.09. The van der Waals surface area contributed by atoms with Crippen molar-refractivity contribution in [1.82, 2.24) is 4.90 Å². The van der Waals surface area contributed by atoms with Crippen LogP contribution in [0.3, 0.4) is 0 Å². The predicted molar refractivity (Wildman–Crippen MR) is 93.3 cm³/mol. The van der Waals surface area contributed by atoms with Gasteiger partial charge in [-0.05, 0) is 46.9 Å². The van der Waals surface area contributed by atoms with Gasteiger partial charge in [-0.2, -0.15) is 0 Å². The highest BCUT2D eigenvalue weighted by Crippen LogP contribution is 2.34. The fourth-order valence-electron chi connectivity index (χ4n) is 2.62. The molecule has 1 saturated heterocycles. The standard InChI is InChI=1S/C16H15F3IN3O/c17-8-3-12(19)15(16(24)23-6-10(21)7-23)14(4-8)22-13-2-1-9(20)5-11(13)18/h1-5,10,16,22,24H,6-7,21H2. The Kier molecular flexibility index (Phi) is 5.00. The summed E-state index contributed by atoms with van der Waals surface area (Å²) in [6, 6.07) is 6.05. The number of aliphatic hydroxyl groups is 1. The van der Waals surface area contributed by atoms with E-state index in [0.717, 1.165) is 6.07 Å². The van der Waals surface area contributed by atoms with Crippen LogP contribution in [-0.4, -0.2) is 29.1 Å². The van der Waals surface area contributed by atoms with Crippen LogP contribution >= 0.6 is 22.6 Å². The number of halogens is 4. The van der Waals surface area contributed by atoms with Crippen molar-refractivity contribution in [2.24, 2.45) is 5.73 Å². The van der Waals surface area contributed by atoms with Crippen molar-refractivity contribution < 1.29 is 18.3 Å². The Balaban J connectivity index is 1.97. The van der Waals surface area contributed by atoms with Crippen LogP contribution < -0.4 is 11.1 Å². The third-order valence-electron chi connectivity index (χ3n) is 3.84. The first kappa shape index (κ1) is 17.5. The number of aliphatic hydroxyl groups excluding tert-OH is 1. The molecule has 0 aliphatic carbocycles. The minimum Gasteiger partial charge on any atom is -0.374 e. The highest BCUT2D eigenvalue weighted by Gasteiger charge is 2.33. The fraction of sp³-hybridized carbons (Fsp3) is 0.250. The average Bonchev–Trinajstić information content (AvgIpc) is 2.46. The van der Waals surface area contributed by atoms with E-state index < -0.39 is 23.7 Å². The Bertz CT molecular complexity index is 768. The molecule has 1 atom stereocenters. The lowest BCUT2D eigenvalue weighted by molar-refractivity contribution is -0.0480. The third-order valence-corrected chi connectivity index (χ3v) is 4.51. The van der Waals surface area contributed by atoms with Gasteiger partial charge in [-0.1, -0.05) is 0 Å². The molecule has 0 bridgehead atoms. The summed E-state index contributed by atoms with van der Waals surface area (Å²) < 4.78 is 42.6. The second kappa shape index (κ2) is 6.87.